The number of nitrogens with zero attached hydrogens (tertiary/aromatic N) is 2. The molecule has 0 aliphatic carbocycles. The van der Waals surface area contributed by atoms with Crippen LogP contribution in [-0.4, -0.2) is 21.7 Å². The third kappa shape index (κ3) is 4.59. The van der Waals surface area contributed by atoms with Crippen LogP contribution in [-0.2, 0) is 0 Å². The standard InChI is InChI=1S/C22H22N4O2/c1-14(2)18-9-4-5-10-19(18)26-22(28)20-12-24-21(13-23-20)25-17-8-6-7-16(11-17)15(3)27/h4-14H,1-3H3,(H,24,25)(H,26,28). The number of carbonyl (C=O) groups is 2. The molecule has 0 bridgehead atoms. The number of carbonyl (C=O) groups excluding carboxylic acids is 2. The highest BCUT2D eigenvalue weighted by molar-refractivity contribution is 6.03. The molecule has 6 heteroatoms. The fourth-order valence-electron chi connectivity index (χ4n) is 2.77. The number of rotatable bonds is 6. The van der Waals surface area contributed by atoms with Crippen molar-refractivity contribution < 1.29 is 9.59 Å². The van der Waals surface area contributed by atoms with Gasteiger partial charge in [-0.25, -0.2) is 9.97 Å². The highest BCUT2D eigenvalue weighted by Crippen LogP contribution is 2.24. The summed E-state index contributed by atoms with van der Waals surface area (Å²) in [5.41, 5.74) is 3.39. The minimum absolute atomic E-state index is 0.0107. The van der Waals surface area contributed by atoms with Crippen molar-refractivity contribution >= 4 is 28.9 Å². The molecule has 0 saturated heterocycles. The van der Waals surface area contributed by atoms with Gasteiger partial charge in [0.15, 0.2) is 5.78 Å². The second-order valence-corrected chi connectivity index (χ2v) is 6.74. The van der Waals surface area contributed by atoms with Gasteiger partial charge >= 0.3 is 0 Å². The zero-order chi connectivity index (χ0) is 20.1. The average molecular weight is 374 g/mol. The average Bonchev–Trinajstić information content (AvgIpc) is 2.69. The van der Waals surface area contributed by atoms with Gasteiger partial charge in [0.1, 0.15) is 11.5 Å². The second-order valence-electron chi connectivity index (χ2n) is 6.74. The number of hydrogen-bond donors (Lipinski definition) is 2. The molecule has 0 radical (unpaired) electrons. The topological polar surface area (TPSA) is 84.0 Å². The predicted molar refractivity (Wildman–Crippen MR) is 110 cm³/mol. The Hall–Kier alpha value is -3.54. The third-order valence-corrected chi connectivity index (χ3v) is 4.26. The smallest absolute Gasteiger partial charge is 0.275 e. The fourth-order valence-corrected chi connectivity index (χ4v) is 2.77. The molecule has 0 fully saturated rings. The van der Waals surface area contributed by atoms with Crippen LogP contribution in [0.1, 0.15) is 53.1 Å². The molecule has 1 amide bonds. The number of amides is 1. The van der Waals surface area contributed by atoms with E-state index in [2.05, 4.69) is 34.4 Å². The van der Waals surface area contributed by atoms with Gasteiger partial charge < -0.3 is 10.6 Å². The molecule has 3 aromatic rings. The maximum Gasteiger partial charge on any atom is 0.275 e. The molecule has 1 aromatic heterocycles. The number of para-hydroxylation sites is 1. The van der Waals surface area contributed by atoms with Crippen molar-refractivity contribution in [2.75, 3.05) is 10.6 Å². The molecule has 3 rings (SSSR count). The lowest BCUT2D eigenvalue weighted by molar-refractivity contribution is 0.101. The first-order chi connectivity index (χ1) is 13.4. The molecule has 1 heterocycles. The summed E-state index contributed by atoms with van der Waals surface area (Å²) < 4.78 is 0. The minimum Gasteiger partial charge on any atom is -0.339 e. The summed E-state index contributed by atoms with van der Waals surface area (Å²) in [6, 6.07) is 14.8. The maximum absolute atomic E-state index is 12.5. The Morgan fingerprint density at radius 1 is 0.964 bits per heavy atom. The number of nitrogens with one attached hydrogen (secondary N) is 2. The van der Waals surface area contributed by atoms with Crippen LogP contribution in [0.3, 0.4) is 0 Å². The highest BCUT2D eigenvalue weighted by atomic mass is 16.2. The molecule has 0 saturated carbocycles. The molecule has 142 valence electrons. The number of hydrogen-bond acceptors (Lipinski definition) is 5. The number of anilines is 3. The van der Waals surface area contributed by atoms with E-state index in [-0.39, 0.29) is 17.4 Å². The first-order valence-electron chi connectivity index (χ1n) is 9.04. The van der Waals surface area contributed by atoms with Crippen LogP contribution in [0.5, 0.6) is 0 Å². The van der Waals surface area contributed by atoms with Crippen molar-refractivity contribution in [1.82, 2.24) is 9.97 Å². The summed E-state index contributed by atoms with van der Waals surface area (Å²) in [5.74, 6) is 0.453. The Labute approximate surface area is 164 Å². The van der Waals surface area contributed by atoms with Crippen LogP contribution < -0.4 is 10.6 Å². The number of ketones is 1. The van der Waals surface area contributed by atoms with Crippen molar-refractivity contribution in [3.63, 3.8) is 0 Å². The Balaban J connectivity index is 1.71. The number of aromatic nitrogens is 2. The van der Waals surface area contributed by atoms with Crippen LogP contribution >= 0.6 is 0 Å². The van der Waals surface area contributed by atoms with Gasteiger partial charge in [-0.05, 0) is 36.6 Å². The highest BCUT2D eigenvalue weighted by Gasteiger charge is 2.12. The van der Waals surface area contributed by atoms with Gasteiger partial charge in [0, 0.05) is 16.9 Å². The predicted octanol–water partition coefficient (Wildman–Crippen LogP) is 4.80. The van der Waals surface area contributed by atoms with E-state index in [1.165, 1.54) is 19.3 Å². The first-order valence-corrected chi connectivity index (χ1v) is 9.04. The number of benzene rings is 2. The van der Waals surface area contributed by atoms with E-state index in [0.717, 1.165) is 16.9 Å². The van der Waals surface area contributed by atoms with Gasteiger partial charge in [-0.3, -0.25) is 9.59 Å². The Bertz CT molecular complexity index is 997. The quantitative estimate of drug-likeness (QED) is 0.606. The zero-order valence-electron chi connectivity index (χ0n) is 16.1. The zero-order valence-corrected chi connectivity index (χ0v) is 16.1. The monoisotopic (exact) mass is 374 g/mol. The van der Waals surface area contributed by atoms with Gasteiger partial charge in [0.2, 0.25) is 0 Å². The van der Waals surface area contributed by atoms with Crippen LogP contribution in [0.15, 0.2) is 60.9 Å². The van der Waals surface area contributed by atoms with Crippen LogP contribution in [0.25, 0.3) is 0 Å². The van der Waals surface area contributed by atoms with E-state index in [1.54, 1.807) is 18.2 Å². The SMILES string of the molecule is CC(=O)c1cccc(Nc2cnc(C(=O)Nc3ccccc3C(C)C)cn2)c1. The lowest BCUT2D eigenvalue weighted by Gasteiger charge is -2.13. The molecule has 6 nitrogen and oxygen atoms in total. The van der Waals surface area contributed by atoms with Crippen LogP contribution in [0.4, 0.5) is 17.2 Å². The Kier molecular flexibility index (Phi) is 5.79. The lowest BCUT2D eigenvalue weighted by atomic mass is 10.0. The van der Waals surface area contributed by atoms with Crippen molar-refractivity contribution in [3.05, 3.63) is 77.7 Å². The normalized spacial score (nSPS) is 10.6. The largest absolute Gasteiger partial charge is 0.339 e. The molecule has 0 aliphatic rings. The van der Waals surface area contributed by atoms with E-state index < -0.39 is 0 Å². The van der Waals surface area contributed by atoms with E-state index in [9.17, 15) is 9.59 Å². The molecular formula is C22H22N4O2. The maximum atomic E-state index is 12.5. The van der Waals surface area contributed by atoms with Gasteiger partial charge in [0.05, 0.1) is 12.4 Å². The van der Waals surface area contributed by atoms with Gasteiger partial charge in [-0.1, -0.05) is 44.2 Å². The molecule has 2 aromatic carbocycles. The van der Waals surface area contributed by atoms with Gasteiger partial charge in [-0.2, -0.15) is 0 Å². The summed E-state index contributed by atoms with van der Waals surface area (Å²) in [6.07, 6.45) is 2.91. The first kappa shape index (κ1) is 19.2. The van der Waals surface area contributed by atoms with Crippen LogP contribution in [0.2, 0.25) is 0 Å². The molecular weight excluding hydrogens is 352 g/mol. The molecule has 0 atom stereocenters. The summed E-state index contributed by atoms with van der Waals surface area (Å²) in [5, 5.41) is 5.98. The van der Waals surface area contributed by atoms with Crippen molar-refractivity contribution in [3.8, 4) is 0 Å². The molecule has 0 aliphatic heterocycles. The Morgan fingerprint density at radius 3 is 2.43 bits per heavy atom. The summed E-state index contributed by atoms with van der Waals surface area (Å²) in [7, 11) is 0. The van der Waals surface area contributed by atoms with E-state index >= 15 is 0 Å². The minimum atomic E-state index is -0.314. The fraction of sp³-hybridized carbons (Fsp3) is 0.182. The molecule has 0 spiro atoms. The summed E-state index contributed by atoms with van der Waals surface area (Å²) in [6.45, 7) is 5.67. The van der Waals surface area contributed by atoms with Crippen molar-refractivity contribution in [2.45, 2.75) is 26.7 Å². The lowest BCUT2D eigenvalue weighted by Crippen LogP contribution is -2.15. The molecule has 28 heavy (non-hydrogen) atoms. The third-order valence-electron chi connectivity index (χ3n) is 4.26. The van der Waals surface area contributed by atoms with E-state index in [0.29, 0.717) is 17.3 Å². The van der Waals surface area contributed by atoms with Crippen molar-refractivity contribution in [2.24, 2.45) is 0 Å². The summed E-state index contributed by atoms with van der Waals surface area (Å²) in [4.78, 5) is 32.4. The number of Topliss-reactive ketones (excluding diaryl/α,β-unsaturated/α-hetero) is 1. The van der Waals surface area contributed by atoms with Crippen molar-refractivity contribution in [1.29, 1.82) is 0 Å². The Morgan fingerprint density at radius 2 is 1.75 bits per heavy atom. The molecule has 2 N–H and O–H groups in total. The summed E-state index contributed by atoms with van der Waals surface area (Å²) >= 11 is 0. The second kappa shape index (κ2) is 8.43. The molecule has 0 unspecified atom stereocenters. The van der Waals surface area contributed by atoms with E-state index in [4.69, 9.17) is 0 Å². The van der Waals surface area contributed by atoms with Gasteiger partial charge in [0.25, 0.3) is 5.91 Å². The van der Waals surface area contributed by atoms with Gasteiger partial charge in [-0.15, -0.1) is 0 Å². The van der Waals surface area contributed by atoms with E-state index in [1.807, 2.05) is 30.3 Å². The van der Waals surface area contributed by atoms with Crippen LogP contribution in [0, 0.1) is 0 Å².